The number of ether oxygens (including phenoxy) is 1. The predicted molar refractivity (Wildman–Crippen MR) is 80.6 cm³/mol. The van der Waals surface area contributed by atoms with Gasteiger partial charge in [-0.15, -0.1) is 0 Å². The Morgan fingerprint density at radius 1 is 1.30 bits per heavy atom. The van der Waals surface area contributed by atoms with E-state index in [-0.39, 0.29) is 6.61 Å². The fourth-order valence-corrected chi connectivity index (χ4v) is 1.96. The maximum Gasteiger partial charge on any atom is 0.331 e. The van der Waals surface area contributed by atoms with E-state index in [2.05, 4.69) is 10.5 Å². The fourth-order valence-electron chi connectivity index (χ4n) is 1.96. The number of aromatic nitrogens is 1. The van der Waals surface area contributed by atoms with Gasteiger partial charge < -0.3 is 19.7 Å². The summed E-state index contributed by atoms with van der Waals surface area (Å²) < 4.78 is 10.1. The number of carbonyl (C=O) groups is 2. The second-order valence-corrected chi connectivity index (χ2v) is 4.99. The number of hydrogen-bond acceptors (Lipinski definition) is 6. The maximum absolute atomic E-state index is 12.0. The van der Waals surface area contributed by atoms with Gasteiger partial charge in [0, 0.05) is 5.56 Å². The molecule has 0 radical (unpaired) electrons. The van der Waals surface area contributed by atoms with Gasteiger partial charge in [0.1, 0.15) is 12.4 Å². The Bertz CT molecular complexity index is 662. The number of benzene rings is 1. The molecule has 0 aliphatic carbocycles. The van der Waals surface area contributed by atoms with E-state index in [4.69, 9.17) is 9.26 Å². The highest BCUT2D eigenvalue weighted by Gasteiger charge is 2.23. The number of hydrogen-bond donors (Lipinski definition) is 2. The molecule has 7 nitrogen and oxygen atoms in total. The van der Waals surface area contributed by atoms with Gasteiger partial charge in [-0.1, -0.05) is 23.4 Å². The standard InChI is InChI=1S/C16H18N2O5/c1-10-13(11(2)23-18-10)9-22-16(21)14(8-19)17-15(20)12-6-4-3-5-7-12/h3-7,14,19H,8-9H2,1-2H3,(H,17,20)/t14-/m0/s1. The normalized spacial score (nSPS) is 11.8. The van der Waals surface area contributed by atoms with Gasteiger partial charge in [0.25, 0.3) is 5.91 Å². The average Bonchev–Trinajstić information content (AvgIpc) is 2.89. The molecule has 7 heteroatoms. The lowest BCUT2D eigenvalue weighted by Gasteiger charge is -2.15. The van der Waals surface area contributed by atoms with Gasteiger partial charge in [-0.3, -0.25) is 4.79 Å². The molecule has 0 spiro atoms. The molecule has 0 aliphatic rings. The first-order valence-electron chi connectivity index (χ1n) is 7.08. The van der Waals surface area contributed by atoms with Gasteiger partial charge >= 0.3 is 5.97 Å². The molecule has 1 amide bonds. The summed E-state index contributed by atoms with van der Waals surface area (Å²) in [6, 6.07) is 7.27. The summed E-state index contributed by atoms with van der Waals surface area (Å²) in [5.41, 5.74) is 1.69. The van der Waals surface area contributed by atoms with Crippen molar-refractivity contribution >= 4 is 11.9 Å². The van der Waals surface area contributed by atoms with E-state index in [1.165, 1.54) is 0 Å². The van der Waals surface area contributed by atoms with Crippen LogP contribution in [0.5, 0.6) is 0 Å². The number of aryl methyl sites for hydroxylation is 2. The van der Waals surface area contributed by atoms with Crippen molar-refractivity contribution in [1.29, 1.82) is 0 Å². The minimum Gasteiger partial charge on any atom is -0.459 e. The number of amides is 1. The third kappa shape index (κ3) is 4.17. The zero-order valence-corrected chi connectivity index (χ0v) is 12.9. The van der Waals surface area contributed by atoms with Crippen molar-refractivity contribution in [2.24, 2.45) is 0 Å². The SMILES string of the molecule is Cc1noc(C)c1COC(=O)[C@H](CO)NC(=O)c1ccccc1. The van der Waals surface area contributed by atoms with Crippen LogP contribution in [0.25, 0.3) is 0 Å². The Morgan fingerprint density at radius 2 is 2.00 bits per heavy atom. The second-order valence-electron chi connectivity index (χ2n) is 4.99. The van der Waals surface area contributed by atoms with E-state index in [0.29, 0.717) is 22.6 Å². The lowest BCUT2D eigenvalue weighted by Crippen LogP contribution is -2.44. The molecule has 2 aromatic rings. The summed E-state index contributed by atoms with van der Waals surface area (Å²) in [6.45, 7) is 2.86. The first kappa shape index (κ1) is 16.7. The summed E-state index contributed by atoms with van der Waals surface area (Å²) in [6.07, 6.45) is 0. The lowest BCUT2D eigenvalue weighted by molar-refractivity contribution is -0.148. The molecule has 0 saturated heterocycles. The quantitative estimate of drug-likeness (QED) is 0.774. The van der Waals surface area contributed by atoms with E-state index < -0.39 is 24.5 Å². The molecular weight excluding hydrogens is 300 g/mol. The summed E-state index contributed by atoms with van der Waals surface area (Å²) in [4.78, 5) is 24.0. The Balaban J connectivity index is 1.95. The van der Waals surface area contributed by atoms with Gasteiger partial charge in [0.05, 0.1) is 17.9 Å². The van der Waals surface area contributed by atoms with Crippen LogP contribution in [0.2, 0.25) is 0 Å². The molecule has 0 bridgehead atoms. The minimum absolute atomic E-state index is 0.0301. The first-order chi connectivity index (χ1) is 11.0. The highest BCUT2D eigenvalue weighted by atomic mass is 16.5. The van der Waals surface area contributed by atoms with Crippen LogP contribution in [0.15, 0.2) is 34.9 Å². The van der Waals surface area contributed by atoms with Crippen molar-refractivity contribution in [2.75, 3.05) is 6.61 Å². The van der Waals surface area contributed by atoms with Crippen molar-refractivity contribution in [3.8, 4) is 0 Å². The van der Waals surface area contributed by atoms with Crippen LogP contribution in [0.4, 0.5) is 0 Å². The third-order valence-electron chi connectivity index (χ3n) is 3.35. The first-order valence-corrected chi connectivity index (χ1v) is 7.08. The molecule has 1 atom stereocenters. The van der Waals surface area contributed by atoms with Crippen LogP contribution in [0, 0.1) is 13.8 Å². The van der Waals surface area contributed by atoms with Crippen molar-refractivity contribution in [3.63, 3.8) is 0 Å². The van der Waals surface area contributed by atoms with Gasteiger partial charge in [-0.05, 0) is 26.0 Å². The van der Waals surface area contributed by atoms with Crippen LogP contribution in [0.1, 0.15) is 27.4 Å². The Kier molecular flexibility index (Phi) is 5.48. The van der Waals surface area contributed by atoms with Gasteiger partial charge in [0.15, 0.2) is 6.04 Å². The molecule has 0 aliphatic heterocycles. The number of nitrogens with zero attached hydrogens (tertiary/aromatic N) is 1. The molecule has 2 rings (SSSR count). The molecule has 1 heterocycles. The molecular formula is C16H18N2O5. The van der Waals surface area contributed by atoms with Crippen LogP contribution in [-0.2, 0) is 16.1 Å². The monoisotopic (exact) mass is 318 g/mol. The van der Waals surface area contributed by atoms with Crippen molar-refractivity contribution in [3.05, 3.63) is 52.9 Å². The van der Waals surface area contributed by atoms with Crippen LogP contribution < -0.4 is 5.32 Å². The molecule has 0 unspecified atom stereocenters. The van der Waals surface area contributed by atoms with Crippen LogP contribution >= 0.6 is 0 Å². The third-order valence-corrected chi connectivity index (χ3v) is 3.35. The molecule has 122 valence electrons. The van der Waals surface area contributed by atoms with E-state index in [1.807, 2.05) is 0 Å². The second kappa shape index (κ2) is 7.55. The largest absolute Gasteiger partial charge is 0.459 e. The number of esters is 1. The van der Waals surface area contributed by atoms with Crippen LogP contribution in [-0.4, -0.2) is 34.8 Å². The van der Waals surface area contributed by atoms with Gasteiger partial charge in [0.2, 0.25) is 0 Å². The number of aliphatic hydroxyl groups excluding tert-OH is 1. The van der Waals surface area contributed by atoms with Gasteiger partial charge in [-0.2, -0.15) is 0 Å². The Hall–Kier alpha value is -2.67. The zero-order valence-electron chi connectivity index (χ0n) is 12.9. The summed E-state index contributed by atoms with van der Waals surface area (Å²) >= 11 is 0. The van der Waals surface area contributed by atoms with E-state index >= 15 is 0 Å². The van der Waals surface area contributed by atoms with Gasteiger partial charge in [-0.25, -0.2) is 4.79 Å². The van der Waals surface area contributed by atoms with E-state index in [1.54, 1.807) is 44.2 Å². The highest BCUT2D eigenvalue weighted by Crippen LogP contribution is 2.13. The number of aliphatic hydroxyl groups is 1. The minimum atomic E-state index is -1.14. The van der Waals surface area contributed by atoms with Crippen molar-refractivity contribution in [1.82, 2.24) is 10.5 Å². The maximum atomic E-state index is 12.0. The predicted octanol–water partition coefficient (Wildman–Crippen LogP) is 1.13. The molecule has 23 heavy (non-hydrogen) atoms. The van der Waals surface area contributed by atoms with E-state index in [0.717, 1.165) is 0 Å². The summed E-state index contributed by atoms with van der Waals surface area (Å²) in [7, 11) is 0. The Labute approximate surface area is 133 Å². The highest BCUT2D eigenvalue weighted by molar-refractivity contribution is 5.96. The molecule has 1 aromatic heterocycles. The van der Waals surface area contributed by atoms with E-state index in [9.17, 15) is 14.7 Å². The number of rotatable bonds is 6. The topological polar surface area (TPSA) is 102 Å². The molecule has 2 N–H and O–H groups in total. The average molecular weight is 318 g/mol. The Morgan fingerprint density at radius 3 is 2.57 bits per heavy atom. The fraction of sp³-hybridized carbons (Fsp3) is 0.312. The number of carbonyl (C=O) groups excluding carboxylic acids is 2. The lowest BCUT2D eigenvalue weighted by atomic mass is 10.2. The molecule has 1 aromatic carbocycles. The smallest absolute Gasteiger partial charge is 0.331 e. The van der Waals surface area contributed by atoms with Crippen LogP contribution in [0.3, 0.4) is 0 Å². The number of nitrogens with one attached hydrogen (secondary N) is 1. The summed E-state index contributed by atoms with van der Waals surface area (Å²) in [5, 5.41) is 15.5. The zero-order chi connectivity index (χ0) is 16.8. The molecule has 0 saturated carbocycles. The van der Waals surface area contributed by atoms with Crippen molar-refractivity contribution in [2.45, 2.75) is 26.5 Å². The van der Waals surface area contributed by atoms with Crippen molar-refractivity contribution < 1.29 is 24.0 Å². The molecule has 0 fully saturated rings. The summed E-state index contributed by atoms with van der Waals surface area (Å²) in [5.74, 6) is -0.625.